The first-order valence-corrected chi connectivity index (χ1v) is 10.4. The molecule has 2 rings (SSSR count). The molecule has 0 fully saturated rings. The SMILES string of the molecule is CC(C)OC(=O)c1ccc(NC(=O)CCC(=O)OCC(=O)Nc2ccc(Cl)cc2Cl)cc1. The Morgan fingerprint density at radius 3 is 2.22 bits per heavy atom. The number of nitrogens with one attached hydrogen (secondary N) is 2. The van der Waals surface area contributed by atoms with Crippen LogP contribution in [0.5, 0.6) is 0 Å². The summed E-state index contributed by atoms with van der Waals surface area (Å²) in [4.78, 5) is 47.5. The van der Waals surface area contributed by atoms with Crippen molar-refractivity contribution >= 4 is 58.3 Å². The zero-order chi connectivity index (χ0) is 23.7. The Balaban J connectivity index is 1.71. The minimum Gasteiger partial charge on any atom is -0.459 e. The van der Waals surface area contributed by atoms with Gasteiger partial charge in [0.15, 0.2) is 6.61 Å². The van der Waals surface area contributed by atoms with Crippen LogP contribution in [0.4, 0.5) is 11.4 Å². The summed E-state index contributed by atoms with van der Waals surface area (Å²) in [6.45, 7) is 2.98. The number of benzene rings is 2. The Bertz CT molecular complexity index is 992. The van der Waals surface area contributed by atoms with Gasteiger partial charge in [0, 0.05) is 17.1 Å². The van der Waals surface area contributed by atoms with Gasteiger partial charge in [-0.3, -0.25) is 14.4 Å². The van der Waals surface area contributed by atoms with E-state index in [0.29, 0.717) is 22.0 Å². The van der Waals surface area contributed by atoms with Gasteiger partial charge in [-0.25, -0.2) is 4.79 Å². The van der Waals surface area contributed by atoms with E-state index in [1.54, 1.807) is 32.0 Å². The lowest BCUT2D eigenvalue weighted by atomic mass is 10.2. The van der Waals surface area contributed by atoms with Crippen LogP contribution in [0, 0.1) is 0 Å². The van der Waals surface area contributed by atoms with Crippen LogP contribution >= 0.6 is 23.2 Å². The molecule has 0 aromatic heterocycles. The van der Waals surface area contributed by atoms with Crippen molar-refractivity contribution < 1.29 is 28.7 Å². The number of halogens is 2. The second kappa shape index (κ2) is 12.1. The van der Waals surface area contributed by atoms with Crippen molar-refractivity contribution in [1.82, 2.24) is 0 Å². The van der Waals surface area contributed by atoms with Crippen LogP contribution in [0.25, 0.3) is 0 Å². The molecule has 2 N–H and O–H groups in total. The van der Waals surface area contributed by atoms with Crippen molar-refractivity contribution in [2.24, 2.45) is 0 Å². The van der Waals surface area contributed by atoms with E-state index in [4.69, 9.17) is 32.7 Å². The first-order chi connectivity index (χ1) is 15.1. The molecule has 0 saturated heterocycles. The molecule has 10 heteroatoms. The summed E-state index contributed by atoms with van der Waals surface area (Å²) in [5, 5.41) is 5.77. The van der Waals surface area contributed by atoms with Crippen molar-refractivity contribution in [3.8, 4) is 0 Å². The van der Waals surface area contributed by atoms with Crippen molar-refractivity contribution in [1.29, 1.82) is 0 Å². The summed E-state index contributed by atoms with van der Waals surface area (Å²) in [6, 6.07) is 10.7. The average Bonchev–Trinajstić information content (AvgIpc) is 2.73. The molecule has 0 spiro atoms. The summed E-state index contributed by atoms with van der Waals surface area (Å²) >= 11 is 11.7. The van der Waals surface area contributed by atoms with E-state index in [9.17, 15) is 19.2 Å². The molecule has 0 atom stereocenters. The van der Waals surface area contributed by atoms with Gasteiger partial charge < -0.3 is 20.1 Å². The molecular weight excluding hydrogens is 459 g/mol. The Hall–Kier alpha value is -3.10. The van der Waals surface area contributed by atoms with E-state index in [-0.39, 0.29) is 24.0 Å². The maximum absolute atomic E-state index is 12.0. The number of hydrogen-bond donors (Lipinski definition) is 2. The molecule has 0 aliphatic rings. The van der Waals surface area contributed by atoms with Gasteiger partial charge >= 0.3 is 11.9 Å². The molecule has 0 saturated carbocycles. The van der Waals surface area contributed by atoms with Crippen LogP contribution in [0.2, 0.25) is 10.0 Å². The highest BCUT2D eigenvalue weighted by molar-refractivity contribution is 6.36. The van der Waals surface area contributed by atoms with Gasteiger partial charge in [0.1, 0.15) is 0 Å². The van der Waals surface area contributed by atoms with Crippen molar-refractivity contribution in [2.75, 3.05) is 17.2 Å². The van der Waals surface area contributed by atoms with E-state index in [1.165, 1.54) is 24.3 Å². The zero-order valence-electron chi connectivity index (χ0n) is 17.4. The molecule has 2 aromatic carbocycles. The number of esters is 2. The lowest BCUT2D eigenvalue weighted by Crippen LogP contribution is -2.22. The molecule has 0 aliphatic carbocycles. The van der Waals surface area contributed by atoms with E-state index >= 15 is 0 Å². The summed E-state index contributed by atoms with van der Waals surface area (Å²) in [5.41, 5.74) is 1.15. The quantitative estimate of drug-likeness (QED) is 0.512. The second-order valence-corrected chi connectivity index (χ2v) is 7.76. The van der Waals surface area contributed by atoms with Crippen LogP contribution in [-0.2, 0) is 23.9 Å². The molecule has 170 valence electrons. The van der Waals surface area contributed by atoms with E-state index < -0.39 is 30.4 Å². The van der Waals surface area contributed by atoms with Crippen LogP contribution in [0.15, 0.2) is 42.5 Å². The van der Waals surface area contributed by atoms with Gasteiger partial charge in [0.05, 0.1) is 28.8 Å². The van der Waals surface area contributed by atoms with E-state index in [2.05, 4.69) is 10.6 Å². The van der Waals surface area contributed by atoms with Gasteiger partial charge in [-0.15, -0.1) is 0 Å². The van der Waals surface area contributed by atoms with Gasteiger partial charge in [-0.05, 0) is 56.3 Å². The van der Waals surface area contributed by atoms with E-state index in [1.807, 2.05) is 0 Å². The Morgan fingerprint density at radius 2 is 1.59 bits per heavy atom. The van der Waals surface area contributed by atoms with Crippen LogP contribution in [0.3, 0.4) is 0 Å². The van der Waals surface area contributed by atoms with Gasteiger partial charge in [0.25, 0.3) is 5.91 Å². The maximum Gasteiger partial charge on any atom is 0.338 e. The molecule has 0 radical (unpaired) electrons. The average molecular weight is 481 g/mol. The number of ether oxygens (including phenoxy) is 2. The third kappa shape index (κ3) is 8.56. The van der Waals surface area contributed by atoms with Crippen molar-refractivity contribution in [3.63, 3.8) is 0 Å². The first kappa shape index (κ1) is 25.2. The van der Waals surface area contributed by atoms with Crippen LogP contribution in [-0.4, -0.2) is 36.5 Å². The molecule has 2 aromatic rings. The number of hydrogen-bond acceptors (Lipinski definition) is 6. The molecule has 0 heterocycles. The minimum absolute atomic E-state index is 0.138. The molecule has 32 heavy (non-hydrogen) atoms. The summed E-state index contributed by atoms with van der Waals surface area (Å²) in [7, 11) is 0. The highest BCUT2D eigenvalue weighted by atomic mass is 35.5. The molecule has 0 aliphatic heterocycles. The lowest BCUT2D eigenvalue weighted by molar-refractivity contribution is -0.147. The Kier molecular flexibility index (Phi) is 9.49. The van der Waals surface area contributed by atoms with Gasteiger partial charge in [0.2, 0.25) is 5.91 Å². The van der Waals surface area contributed by atoms with Crippen LogP contribution < -0.4 is 10.6 Å². The summed E-state index contributed by atoms with van der Waals surface area (Å²) < 4.78 is 9.95. The largest absolute Gasteiger partial charge is 0.459 e. The molecule has 0 bridgehead atoms. The fraction of sp³-hybridized carbons (Fsp3) is 0.273. The normalized spacial score (nSPS) is 10.4. The third-order valence-electron chi connectivity index (χ3n) is 3.87. The third-order valence-corrected chi connectivity index (χ3v) is 4.42. The lowest BCUT2D eigenvalue weighted by Gasteiger charge is -2.09. The standard InChI is InChI=1S/C22H22Cl2N2O6/c1-13(2)32-22(30)14-3-6-16(7-4-14)25-19(27)9-10-21(29)31-12-20(28)26-18-8-5-15(23)11-17(18)24/h3-8,11,13H,9-10,12H2,1-2H3,(H,25,27)(H,26,28). The van der Waals surface area contributed by atoms with Crippen LogP contribution in [0.1, 0.15) is 37.0 Å². The molecule has 2 amide bonds. The highest BCUT2D eigenvalue weighted by Crippen LogP contribution is 2.25. The van der Waals surface area contributed by atoms with Crippen molar-refractivity contribution in [2.45, 2.75) is 32.8 Å². The summed E-state index contributed by atoms with van der Waals surface area (Å²) in [6.07, 6.45) is -0.580. The number of anilines is 2. The monoisotopic (exact) mass is 480 g/mol. The van der Waals surface area contributed by atoms with Gasteiger partial charge in [-0.2, -0.15) is 0 Å². The Labute approximate surface area is 195 Å². The fourth-order valence-electron chi connectivity index (χ4n) is 2.41. The number of rotatable bonds is 9. The smallest absolute Gasteiger partial charge is 0.338 e. The first-order valence-electron chi connectivity index (χ1n) is 9.65. The van der Waals surface area contributed by atoms with Gasteiger partial charge in [-0.1, -0.05) is 23.2 Å². The molecule has 8 nitrogen and oxygen atoms in total. The summed E-state index contributed by atoms with van der Waals surface area (Å²) in [5.74, 6) is -2.16. The highest BCUT2D eigenvalue weighted by Gasteiger charge is 2.13. The number of carbonyl (C=O) groups is 4. The molecular formula is C22H22Cl2N2O6. The zero-order valence-corrected chi connectivity index (χ0v) is 19.0. The van der Waals surface area contributed by atoms with Crippen molar-refractivity contribution in [3.05, 3.63) is 58.1 Å². The van der Waals surface area contributed by atoms with E-state index in [0.717, 1.165) is 0 Å². The predicted molar refractivity (Wildman–Crippen MR) is 121 cm³/mol. The fourth-order valence-corrected chi connectivity index (χ4v) is 2.86. The second-order valence-electron chi connectivity index (χ2n) is 6.91. The number of carbonyl (C=O) groups excluding carboxylic acids is 4. The predicted octanol–water partition coefficient (Wildman–Crippen LogP) is 4.46. The number of amides is 2. The Morgan fingerprint density at radius 1 is 0.906 bits per heavy atom. The molecule has 0 unspecified atom stereocenters. The topological polar surface area (TPSA) is 111 Å². The minimum atomic E-state index is -0.704. The maximum atomic E-state index is 12.0.